The Morgan fingerprint density at radius 2 is 1.94 bits per heavy atom. The topological polar surface area (TPSA) is 74.6 Å². The second-order valence-corrected chi connectivity index (χ2v) is 7.12. The second kappa shape index (κ2) is 6.31. The maximum absolute atomic E-state index is 12.0. The van der Waals surface area contributed by atoms with Crippen molar-refractivity contribution in [3.63, 3.8) is 0 Å². The van der Waals surface area contributed by atoms with Crippen LogP contribution in [0.5, 0.6) is 0 Å². The van der Waals surface area contributed by atoms with Crippen molar-refractivity contribution in [2.75, 3.05) is 6.61 Å². The fourth-order valence-electron chi connectivity index (χ4n) is 1.57. The van der Waals surface area contributed by atoms with Crippen LogP contribution < -0.4 is 0 Å². The maximum atomic E-state index is 12.0. The number of aryl methyl sites for hydroxylation is 1. The summed E-state index contributed by atoms with van der Waals surface area (Å²) in [4.78, 5) is 0.313. The predicted molar refractivity (Wildman–Crippen MR) is 70.2 cm³/mol. The van der Waals surface area contributed by atoms with Crippen LogP contribution in [0.4, 0.5) is 0 Å². The highest BCUT2D eigenvalue weighted by atomic mass is 32.2. The third-order valence-electron chi connectivity index (χ3n) is 2.82. The van der Waals surface area contributed by atoms with Gasteiger partial charge in [0.1, 0.15) is 0 Å². The van der Waals surface area contributed by atoms with Gasteiger partial charge in [-0.3, -0.25) is 0 Å². The summed E-state index contributed by atoms with van der Waals surface area (Å²) >= 11 is 0. The van der Waals surface area contributed by atoms with Crippen LogP contribution in [-0.2, 0) is 16.3 Å². The molecular formula is C13H20O4S. The molecule has 5 heteroatoms. The van der Waals surface area contributed by atoms with Gasteiger partial charge in [-0.1, -0.05) is 12.1 Å². The molecule has 18 heavy (non-hydrogen) atoms. The molecule has 0 heterocycles. The van der Waals surface area contributed by atoms with Crippen LogP contribution >= 0.6 is 0 Å². The Morgan fingerprint density at radius 3 is 2.50 bits per heavy atom. The normalized spacial score (nSPS) is 13.8. The Labute approximate surface area is 108 Å². The molecule has 0 aliphatic rings. The van der Waals surface area contributed by atoms with E-state index in [9.17, 15) is 13.5 Å². The molecular weight excluding hydrogens is 252 g/mol. The Bertz CT molecular complexity index is 480. The number of aliphatic hydroxyl groups is 2. The molecule has 102 valence electrons. The molecule has 2 N–H and O–H groups in total. The van der Waals surface area contributed by atoms with Crippen LogP contribution in [0.2, 0.25) is 0 Å². The molecule has 1 aromatic carbocycles. The van der Waals surface area contributed by atoms with Gasteiger partial charge in [0.2, 0.25) is 0 Å². The Hall–Kier alpha value is -0.910. The summed E-state index contributed by atoms with van der Waals surface area (Å²) in [6.07, 6.45) is 0.209. The lowest BCUT2D eigenvalue weighted by molar-refractivity contribution is 0.0886. The van der Waals surface area contributed by atoms with Crippen LogP contribution in [0.25, 0.3) is 0 Å². The molecule has 1 aromatic rings. The summed E-state index contributed by atoms with van der Waals surface area (Å²) in [5.41, 5.74) is 0.851. The molecule has 0 saturated carbocycles. The van der Waals surface area contributed by atoms with Crippen molar-refractivity contribution in [3.8, 4) is 0 Å². The molecule has 0 radical (unpaired) electrons. The van der Waals surface area contributed by atoms with Gasteiger partial charge in [-0.25, -0.2) is 8.42 Å². The van der Waals surface area contributed by atoms with Crippen molar-refractivity contribution in [2.24, 2.45) is 0 Å². The fourth-order valence-corrected chi connectivity index (χ4v) is 2.70. The molecule has 0 bridgehead atoms. The molecule has 0 fully saturated rings. The number of sulfone groups is 1. The lowest BCUT2D eigenvalue weighted by Gasteiger charge is -2.10. The van der Waals surface area contributed by atoms with Gasteiger partial charge in [0.15, 0.2) is 9.84 Å². The molecule has 4 nitrogen and oxygen atoms in total. The van der Waals surface area contributed by atoms with Gasteiger partial charge in [-0.15, -0.1) is 0 Å². The van der Waals surface area contributed by atoms with E-state index in [1.54, 1.807) is 32.0 Å². The van der Waals surface area contributed by atoms with E-state index < -0.39 is 21.2 Å². The molecule has 1 unspecified atom stereocenters. The number of hydrogen-bond acceptors (Lipinski definition) is 4. The molecule has 0 aliphatic carbocycles. The zero-order chi connectivity index (χ0) is 13.8. The zero-order valence-corrected chi connectivity index (χ0v) is 11.5. The first-order valence-electron chi connectivity index (χ1n) is 5.99. The van der Waals surface area contributed by atoms with E-state index >= 15 is 0 Å². The third kappa shape index (κ3) is 3.80. The van der Waals surface area contributed by atoms with Crippen molar-refractivity contribution in [1.82, 2.24) is 0 Å². The van der Waals surface area contributed by atoms with Gasteiger partial charge < -0.3 is 10.2 Å². The number of aliphatic hydroxyl groups excluding tert-OH is 2. The highest BCUT2D eigenvalue weighted by Gasteiger charge is 2.19. The SMILES string of the molecule is CC(C)S(=O)(=O)c1cccc(CCC(O)CO)c1. The summed E-state index contributed by atoms with van der Waals surface area (Å²) in [6, 6.07) is 6.75. The van der Waals surface area contributed by atoms with E-state index in [0.29, 0.717) is 17.7 Å². The summed E-state index contributed by atoms with van der Waals surface area (Å²) in [5.74, 6) is 0. The van der Waals surface area contributed by atoms with Crippen molar-refractivity contribution < 1.29 is 18.6 Å². The zero-order valence-electron chi connectivity index (χ0n) is 10.7. The molecule has 0 aliphatic heterocycles. The summed E-state index contributed by atoms with van der Waals surface area (Å²) in [5, 5.41) is 17.5. The van der Waals surface area contributed by atoms with Gasteiger partial charge in [0.05, 0.1) is 22.9 Å². The Kier molecular flexibility index (Phi) is 5.31. The van der Waals surface area contributed by atoms with Gasteiger partial charge in [-0.05, 0) is 44.4 Å². The molecule has 0 aromatic heterocycles. The van der Waals surface area contributed by atoms with Crippen LogP contribution in [0, 0.1) is 0 Å². The van der Waals surface area contributed by atoms with E-state index in [1.165, 1.54) is 0 Å². The minimum atomic E-state index is -3.26. The lowest BCUT2D eigenvalue weighted by atomic mass is 10.1. The smallest absolute Gasteiger partial charge is 0.180 e. The Balaban J connectivity index is 2.87. The van der Waals surface area contributed by atoms with Gasteiger partial charge in [-0.2, -0.15) is 0 Å². The maximum Gasteiger partial charge on any atom is 0.180 e. The quantitative estimate of drug-likeness (QED) is 0.815. The highest BCUT2D eigenvalue weighted by molar-refractivity contribution is 7.92. The molecule has 1 atom stereocenters. The fraction of sp³-hybridized carbons (Fsp3) is 0.538. The van der Waals surface area contributed by atoms with Crippen molar-refractivity contribution >= 4 is 9.84 Å². The number of rotatable bonds is 6. The average Bonchev–Trinajstić information content (AvgIpc) is 2.36. The van der Waals surface area contributed by atoms with Gasteiger partial charge in [0.25, 0.3) is 0 Å². The first-order valence-corrected chi connectivity index (χ1v) is 7.54. The van der Waals surface area contributed by atoms with Gasteiger partial charge >= 0.3 is 0 Å². The van der Waals surface area contributed by atoms with E-state index in [0.717, 1.165) is 5.56 Å². The Morgan fingerprint density at radius 1 is 1.28 bits per heavy atom. The molecule has 1 rings (SSSR count). The second-order valence-electron chi connectivity index (χ2n) is 4.62. The highest BCUT2D eigenvalue weighted by Crippen LogP contribution is 2.18. The first kappa shape index (κ1) is 15.1. The van der Waals surface area contributed by atoms with Crippen molar-refractivity contribution in [2.45, 2.75) is 42.9 Å². The van der Waals surface area contributed by atoms with Crippen LogP contribution in [0.3, 0.4) is 0 Å². The van der Waals surface area contributed by atoms with Crippen LogP contribution in [0.1, 0.15) is 25.8 Å². The van der Waals surface area contributed by atoms with E-state index in [4.69, 9.17) is 5.11 Å². The van der Waals surface area contributed by atoms with Gasteiger partial charge in [0, 0.05) is 0 Å². The summed E-state index contributed by atoms with van der Waals surface area (Å²) in [6.45, 7) is 3.03. The third-order valence-corrected chi connectivity index (χ3v) is 4.98. The van der Waals surface area contributed by atoms with Crippen molar-refractivity contribution in [3.05, 3.63) is 29.8 Å². The van der Waals surface area contributed by atoms with Crippen LogP contribution in [0.15, 0.2) is 29.2 Å². The van der Waals surface area contributed by atoms with E-state index in [1.807, 2.05) is 6.07 Å². The lowest BCUT2D eigenvalue weighted by Crippen LogP contribution is -2.15. The van der Waals surface area contributed by atoms with E-state index in [-0.39, 0.29) is 6.61 Å². The monoisotopic (exact) mass is 272 g/mol. The molecule has 0 saturated heterocycles. The standard InChI is InChI=1S/C13H20O4S/c1-10(2)18(16,17)13-5-3-4-11(8-13)6-7-12(15)9-14/h3-5,8,10,12,14-15H,6-7,9H2,1-2H3. The summed E-state index contributed by atoms with van der Waals surface area (Å²) in [7, 11) is -3.26. The molecule has 0 amide bonds. The number of hydrogen-bond donors (Lipinski definition) is 2. The molecule has 0 spiro atoms. The summed E-state index contributed by atoms with van der Waals surface area (Å²) < 4.78 is 24.0. The minimum Gasteiger partial charge on any atom is -0.394 e. The average molecular weight is 272 g/mol. The number of benzene rings is 1. The van der Waals surface area contributed by atoms with E-state index in [2.05, 4.69) is 0 Å². The largest absolute Gasteiger partial charge is 0.394 e. The first-order chi connectivity index (χ1) is 8.37. The van der Waals surface area contributed by atoms with Crippen molar-refractivity contribution in [1.29, 1.82) is 0 Å². The predicted octanol–water partition coefficient (Wildman–Crippen LogP) is 1.15. The minimum absolute atomic E-state index is 0.274. The van der Waals surface area contributed by atoms with Crippen LogP contribution in [-0.4, -0.2) is 36.6 Å².